The van der Waals surface area contributed by atoms with Gasteiger partial charge >= 0.3 is 6.09 Å². The quantitative estimate of drug-likeness (QED) is 0.786. The highest BCUT2D eigenvalue weighted by Gasteiger charge is 2.34. The lowest BCUT2D eigenvalue weighted by Crippen LogP contribution is -2.36. The zero-order valence-electron chi connectivity index (χ0n) is 11.8. The molecule has 1 saturated heterocycles. The van der Waals surface area contributed by atoms with Crippen LogP contribution in [-0.4, -0.2) is 56.1 Å². The van der Waals surface area contributed by atoms with Crippen LogP contribution in [0.25, 0.3) is 0 Å². The molecule has 2 rings (SSSR count). The molecular formula is C13H14Cl3NO5S. The molecule has 1 aliphatic rings. The second kappa shape index (κ2) is 7.44. The molecular weight excluding hydrogens is 389 g/mol. The molecule has 0 bridgehead atoms. The SMILES string of the molecule is O=C(O)N1CCOC(CS(=O)(=O)Cl)C(c2ccc(Cl)c(Cl)c2)C1. The minimum atomic E-state index is -3.81. The molecule has 0 aliphatic carbocycles. The molecule has 1 fully saturated rings. The van der Waals surface area contributed by atoms with Crippen LogP contribution in [0.3, 0.4) is 0 Å². The van der Waals surface area contributed by atoms with E-state index in [1.54, 1.807) is 18.2 Å². The number of halogens is 3. The van der Waals surface area contributed by atoms with Gasteiger partial charge in [-0.2, -0.15) is 0 Å². The Hall–Kier alpha value is -0.730. The molecule has 6 nitrogen and oxygen atoms in total. The molecule has 1 heterocycles. The van der Waals surface area contributed by atoms with Gasteiger partial charge in [-0.25, -0.2) is 13.2 Å². The number of benzene rings is 1. The van der Waals surface area contributed by atoms with Gasteiger partial charge < -0.3 is 14.7 Å². The highest BCUT2D eigenvalue weighted by atomic mass is 35.7. The van der Waals surface area contributed by atoms with Gasteiger partial charge in [0.1, 0.15) is 0 Å². The summed E-state index contributed by atoms with van der Waals surface area (Å²) in [5.41, 5.74) is 0.637. The van der Waals surface area contributed by atoms with Gasteiger partial charge in [0.15, 0.2) is 0 Å². The van der Waals surface area contributed by atoms with Gasteiger partial charge in [-0.05, 0) is 17.7 Å². The lowest BCUT2D eigenvalue weighted by atomic mass is 9.93. The van der Waals surface area contributed by atoms with Gasteiger partial charge in [0.2, 0.25) is 9.05 Å². The predicted octanol–water partition coefficient (Wildman–Crippen LogP) is 3.02. The Morgan fingerprint density at radius 1 is 1.35 bits per heavy atom. The monoisotopic (exact) mass is 401 g/mol. The number of carboxylic acid groups (broad SMARTS) is 1. The van der Waals surface area contributed by atoms with E-state index in [0.717, 1.165) is 0 Å². The molecule has 2 unspecified atom stereocenters. The van der Waals surface area contributed by atoms with Gasteiger partial charge in [0.05, 0.1) is 28.5 Å². The van der Waals surface area contributed by atoms with Crippen molar-refractivity contribution in [2.24, 2.45) is 0 Å². The Morgan fingerprint density at radius 3 is 2.61 bits per heavy atom. The summed E-state index contributed by atoms with van der Waals surface area (Å²) < 4.78 is 28.4. The summed E-state index contributed by atoms with van der Waals surface area (Å²) in [5.74, 6) is -0.954. The molecule has 128 valence electrons. The van der Waals surface area contributed by atoms with E-state index in [2.05, 4.69) is 0 Å². The number of carbonyl (C=O) groups is 1. The van der Waals surface area contributed by atoms with Crippen molar-refractivity contribution < 1.29 is 23.1 Å². The summed E-state index contributed by atoms with van der Waals surface area (Å²) >= 11 is 11.9. The molecule has 0 aromatic heterocycles. The van der Waals surface area contributed by atoms with Crippen molar-refractivity contribution in [2.45, 2.75) is 12.0 Å². The fraction of sp³-hybridized carbons (Fsp3) is 0.462. The molecule has 0 saturated carbocycles. The van der Waals surface area contributed by atoms with Crippen molar-refractivity contribution >= 4 is 49.0 Å². The van der Waals surface area contributed by atoms with Crippen LogP contribution in [0.4, 0.5) is 4.79 Å². The smallest absolute Gasteiger partial charge is 0.407 e. The van der Waals surface area contributed by atoms with Gasteiger partial charge in [0.25, 0.3) is 0 Å². The van der Waals surface area contributed by atoms with Crippen LogP contribution < -0.4 is 0 Å². The van der Waals surface area contributed by atoms with Crippen molar-refractivity contribution in [1.29, 1.82) is 0 Å². The maximum atomic E-state index is 11.4. The lowest BCUT2D eigenvalue weighted by Gasteiger charge is -2.26. The average molecular weight is 403 g/mol. The third-order valence-electron chi connectivity index (χ3n) is 3.56. The van der Waals surface area contributed by atoms with Crippen LogP contribution in [0.2, 0.25) is 10.0 Å². The van der Waals surface area contributed by atoms with Crippen LogP contribution in [0.5, 0.6) is 0 Å². The maximum Gasteiger partial charge on any atom is 0.407 e. The van der Waals surface area contributed by atoms with Crippen LogP contribution in [0.15, 0.2) is 18.2 Å². The van der Waals surface area contributed by atoms with E-state index in [4.69, 9.17) is 38.6 Å². The number of rotatable bonds is 3. The maximum absolute atomic E-state index is 11.4. The number of amides is 1. The Morgan fingerprint density at radius 2 is 2.04 bits per heavy atom. The van der Waals surface area contributed by atoms with Crippen molar-refractivity contribution in [3.05, 3.63) is 33.8 Å². The molecule has 10 heteroatoms. The predicted molar refractivity (Wildman–Crippen MR) is 88.2 cm³/mol. The van der Waals surface area contributed by atoms with E-state index in [9.17, 15) is 18.3 Å². The van der Waals surface area contributed by atoms with Crippen LogP contribution in [0.1, 0.15) is 11.5 Å². The number of nitrogens with zero attached hydrogens (tertiary/aromatic N) is 1. The minimum absolute atomic E-state index is 0.0738. The van der Waals surface area contributed by atoms with Crippen molar-refractivity contribution in [2.75, 3.05) is 25.4 Å². The molecule has 1 aromatic carbocycles. The summed E-state index contributed by atoms with van der Waals surface area (Å²) in [6.45, 7) is 0.303. The highest BCUT2D eigenvalue weighted by Crippen LogP contribution is 2.32. The highest BCUT2D eigenvalue weighted by molar-refractivity contribution is 8.13. The first kappa shape index (κ1) is 18.6. The van der Waals surface area contributed by atoms with E-state index in [0.29, 0.717) is 15.6 Å². The second-order valence-electron chi connectivity index (χ2n) is 5.12. The van der Waals surface area contributed by atoms with Crippen LogP contribution >= 0.6 is 33.9 Å². The van der Waals surface area contributed by atoms with Gasteiger partial charge in [0, 0.05) is 29.7 Å². The largest absolute Gasteiger partial charge is 0.465 e. The van der Waals surface area contributed by atoms with Crippen molar-refractivity contribution in [1.82, 2.24) is 4.90 Å². The summed E-state index contributed by atoms with van der Waals surface area (Å²) in [6, 6.07) is 4.82. The fourth-order valence-corrected chi connectivity index (χ4v) is 3.87. The summed E-state index contributed by atoms with van der Waals surface area (Å²) in [7, 11) is 1.53. The van der Waals surface area contributed by atoms with Gasteiger partial charge in [-0.3, -0.25) is 0 Å². The standard InChI is InChI=1S/C13H14Cl3NO5S/c14-10-2-1-8(5-11(10)15)9-6-17(13(18)19)3-4-22-12(9)7-23(16,20)21/h1-2,5,9,12H,3-4,6-7H2,(H,18,19). The Balaban J connectivity index is 2.39. The lowest BCUT2D eigenvalue weighted by molar-refractivity contribution is 0.0665. The van der Waals surface area contributed by atoms with Crippen LogP contribution in [0, 0.1) is 0 Å². The van der Waals surface area contributed by atoms with Crippen molar-refractivity contribution in [3.8, 4) is 0 Å². The first-order valence-corrected chi connectivity index (χ1v) is 9.87. The second-order valence-corrected chi connectivity index (χ2v) is 8.76. The Labute approximate surface area is 148 Å². The summed E-state index contributed by atoms with van der Waals surface area (Å²) in [6.07, 6.45) is -1.88. The number of hydrogen-bond acceptors (Lipinski definition) is 4. The molecule has 0 spiro atoms. The van der Waals surface area contributed by atoms with Crippen LogP contribution in [-0.2, 0) is 13.8 Å². The van der Waals surface area contributed by atoms with E-state index in [-0.39, 0.29) is 19.7 Å². The first-order valence-electron chi connectivity index (χ1n) is 6.64. The Kier molecular flexibility index (Phi) is 6.02. The van der Waals surface area contributed by atoms with E-state index in [1.807, 2.05) is 0 Å². The van der Waals surface area contributed by atoms with Gasteiger partial charge in [-0.15, -0.1) is 0 Å². The number of ether oxygens (including phenoxy) is 1. The first-order chi connectivity index (χ1) is 10.7. The molecule has 1 aliphatic heterocycles. The molecule has 1 aromatic rings. The number of hydrogen-bond donors (Lipinski definition) is 1. The zero-order chi connectivity index (χ0) is 17.2. The van der Waals surface area contributed by atoms with E-state index in [1.165, 1.54) is 4.90 Å². The molecule has 0 radical (unpaired) electrons. The molecule has 1 N–H and O–H groups in total. The normalized spacial score (nSPS) is 22.7. The third-order valence-corrected chi connectivity index (χ3v) is 5.41. The van der Waals surface area contributed by atoms with E-state index < -0.39 is 32.9 Å². The average Bonchev–Trinajstić information content (AvgIpc) is 2.63. The van der Waals surface area contributed by atoms with Crippen molar-refractivity contribution in [3.63, 3.8) is 0 Å². The molecule has 2 atom stereocenters. The third kappa shape index (κ3) is 5.12. The Bertz CT molecular complexity index is 697. The topological polar surface area (TPSA) is 83.9 Å². The fourth-order valence-electron chi connectivity index (χ4n) is 2.47. The summed E-state index contributed by atoms with van der Waals surface area (Å²) in [4.78, 5) is 12.5. The minimum Gasteiger partial charge on any atom is -0.465 e. The molecule has 23 heavy (non-hydrogen) atoms. The van der Waals surface area contributed by atoms with E-state index >= 15 is 0 Å². The summed E-state index contributed by atoms with van der Waals surface area (Å²) in [5, 5.41) is 9.87. The molecule has 1 amide bonds. The van der Waals surface area contributed by atoms with Gasteiger partial charge in [-0.1, -0.05) is 29.3 Å². The zero-order valence-corrected chi connectivity index (χ0v) is 14.9.